The van der Waals surface area contributed by atoms with Gasteiger partial charge in [-0.05, 0) is 40.5 Å². The SMILES string of the molecule is CCNC(=NCc1c(C)nn(C)c1C)NCCCCCCC(=O)OCC.I. The van der Waals surface area contributed by atoms with Crippen LogP contribution < -0.4 is 10.6 Å². The lowest BCUT2D eigenvalue weighted by Gasteiger charge is -2.11. The number of nitrogens with one attached hydrogen (secondary N) is 2. The highest BCUT2D eigenvalue weighted by atomic mass is 127. The number of halogens is 1. The third kappa shape index (κ3) is 9.97. The Morgan fingerprint density at radius 2 is 1.85 bits per heavy atom. The van der Waals surface area contributed by atoms with Crippen LogP contribution >= 0.6 is 24.0 Å². The number of unbranched alkanes of at least 4 members (excludes halogenated alkanes) is 3. The van der Waals surface area contributed by atoms with E-state index in [1.165, 1.54) is 5.56 Å². The van der Waals surface area contributed by atoms with Gasteiger partial charge in [-0.15, -0.1) is 24.0 Å². The number of esters is 1. The summed E-state index contributed by atoms with van der Waals surface area (Å²) in [6.45, 7) is 10.8. The van der Waals surface area contributed by atoms with Gasteiger partial charge < -0.3 is 15.4 Å². The van der Waals surface area contributed by atoms with Gasteiger partial charge in [0, 0.05) is 37.8 Å². The Morgan fingerprint density at radius 3 is 2.44 bits per heavy atom. The summed E-state index contributed by atoms with van der Waals surface area (Å²) in [6.07, 6.45) is 4.61. The van der Waals surface area contributed by atoms with E-state index in [2.05, 4.69) is 34.6 Å². The number of carbonyl (C=O) groups excluding carboxylic acids is 1. The average Bonchev–Trinajstić information content (AvgIpc) is 2.84. The minimum absolute atomic E-state index is 0. The molecular formula is C19H36IN5O2. The van der Waals surface area contributed by atoms with Crippen molar-refractivity contribution in [3.05, 3.63) is 17.0 Å². The first-order chi connectivity index (χ1) is 12.5. The second kappa shape index (κ2) is 14.7. The second-order valence-corrected chi connectivity index (χ2v) is 6.36. The molecule has 2 N–H and O–H groups in total. The number of hydrogen-bond acceptors (Lipinski definition) is 4. The van der Waals surface area contributed by atoms with E-state index in [1.807, 2.05) is 25.6 Å². The van der Waals surface area contributed by atoms with E-state index in [4.69, 9.17) is 4.74 Å². The molecule has 8 heteroatoms. The van der Waals surface area contributed by atoms with Crippen molar-refractivity contribution in [1.29, 1.82) is 0 Å². The summed E-state index contributed by atoms with van der Waals surface area (Å²) in [4.78, 5) is 15.9. The van der Waals surface area contributed by atoms with Crippen LogP contribution in [-0.4, -0.2) is 41.4 Å². The molecule has 0 saturated heterocycles. The van der Waals surface area contributed by atoms with Gasteiger partial charge in [0.15, 0.2) is 5.96 Å². The van der Waals surface area contributed by atoms with E-state index in [0.29, 0.717) is 19.6 Å². The fraction of sp³-hybridized carbons (Fsp3) is 0.737. The number of hydrogen-bond donors (Lipinski definition) is 2. The van der Waals surface area contributed by atoms with Crippen molar-refractivity contribution in [1.82, 2.24) is 20.4 Å². The molecule has 0 aromatic carbocycles. The number of rotatable bonds is 11. The van der Waals surface area contributed by atoms with Crippen LogP contribution in [0.15, 0.2) is 4.99 Å². The van der Waals surface area contributed by atoms with Gasteiger partial charge in [-0.25, -0.2) is 4.99 Å². The van der Waals surface area contributed by atoms with Gasteiger partial charge in [0.25, 0.3) is 0 Å². The summed E-state index contributed by atoms with van der Waals surface area (Å²) in [5.74, 6) is 0.745. The summed E-state index contributed by atoms with van der Waals surface area (Å²) in [7, 11) is 1.96. The highest BCUT2D eigenvalue weighted by Crippen LogP contribution is 2.12. The molecule has 156 valence electrons. The first-order valence-corrected chi connectivity index (χ1v) is 9.66. The van der Waals surface area contributed by atoms with E-state index in [-0.39, 0.29) is 29.9 Å². The second-order valence-electron chi connectivity index (χ2n) is 6.36. The average molecular weight is 493 g/mol. The molecule has 0 atom stereocenters. The topological polar surface area (TPSA) is 80.5 Å². The fourth-order valence-electron chi connectivity index (χ4n) is 2.73. The Kier molecular flexibility index (Phi) is 14.0. The largest absolute Gasteiger partial charge is 0.466 e. The van der Waals surface area contributed by atoms with Gasteiger partial charge >= 0.3 is 5.97 Å². The highest BCUT2D eigenvalue weighted by molar-refractivity contribution is 14.0. The van der Waals surface area contributed by atoms with E-state index in [9.17, 15) is 4.79 Å². The standard InChI is InChI=1S/C19H35N5O2.HI/c1-6-20-19(22-14-17-15(3)23-24(5)16(17)4)21-13-11-9-8-10-12-18(25)26-7-2;/h6-14H2,1-5H3,(H2,20,21,22);1H. The molecule has 0 aliphatic rings. The summed E-state index contributed by atoms with van der Waals surface area (Å²) >= 11 is 0. The number of guanidine groups is 1. The van der Waals surface area contributed by atoms with Crippen molar-refractivity contribution >= 4 is 35.9 Å². The maximum absolute atomic E-state index is 11.3. The van der Waals surface area contributed by atoms with Crippen LogP contribution in [0, 0.1) is 13.8 Å². The molecule has 0 amide bonds. The first-order valence-electron chi connectivity index (χ1n) is 9.66. The monoisotopic (exact) mass is 493 g/mol. The molecule has 0 aliphatic heterocycles. The molecule has 1 rings (SSSR count). The van der Waals surface area contributed by atoms with Gasteiger partial charge in [-0.2, -0.15) is 5.10 Å². The van der Waals surface area contributed by atoms with Crippen molar-refractivity contribution in [3.8, 4) is 0 Å². The van der Waals surface area contributed by atoms with Crippen LogP contribution in [0.3, 0.4) is 0 Å². The maximum Gasteiger partial charge on any atom is 0.305 e. The van der Waals surface area contributed by atoms with Crippen molar-refractivity contribution < 1.29 is 9.53 Å². The molecule has 0 aliphatic carbocycles. The van der Waals surface area contributed by atoms with E-state index < -0.39 is 0 Å². The number of carbonyl (C=O) groups is 1. The van der Waals surface area contributed by atoms with Crippen LogP contribution in [0.4, 0.5) is 0 Å². The van der Waals surface area contributed by atoms with Gasteiger partial charge in [0.05, 0.1) is 18.8 Å². The van der Waals surface area contributed by atoms with Crippen molar-refractivity contribution in [2.24, 2.45) is 12.0 Å². The lowest BCUT2D eigenvalue weighted by molar-refractivity contribution is -0.143. The molecule has 7 nitrogen and oxygen atoms in total. The van der Waals surface area contributed by atoms with E-state index in [0.717, 1.165) is 56.1 Å². The predicted octanol–water partition coefficient (Wildman–Crippen LogP) is 3.22. The zero-order chi connectivity index (χ0) is 19.4. The Hall–Kier alpha value is -1.32. The summed E-state index contributed by atoms with van der Waals surface area (Å²) < 4.78 is 6.83. The van der Waals surface area contributed by atoms with Crippen LogP contribution in [0.2, 0.25) is 0 Å². The lowest BCUT2D eigenvalue weighted by atomic mass is 10.1. The molecule has 0 unspecified atom stereocenters. The predicted molar refractivity (Wildman–Crippen MR) is 121 cm³/mol. The Bertz CT molecular complexity index is 587. The minimum Gasteiger partial charge on any atom is -0.466 e. The van der Waals surface area contributed by atoms with Crippen molar-refractivity contribution in [3.63, 3.8) is 0 Å². The summed E-state index contributed by atoms with van der Waals surface area (Å²) in [5.41, 5.74) is 3.37. The summed E-state index contributed by atoms with van der Waals surface area (Å²) in [6, 6.07) is 0. The van der Waals surface area contributed by atoms with Crippen molar-refractivity contribution in [2.75, 3.05) is 19.7 Å². The Balaban J connectivity index is 0.00000676. The van der Waals surface area contributed by atoms with Crippen LogP contribution in [0.5, 0.6) is 0 Å². The molecule has 0 bridgehead atoms. The van der Waals surface area contributed by atoms with Gasteiger partial charge in [-0.1, -0.05) is 12.8 Å². The minimum atomic E-state index is -0.0896. The normalized spacial score (nSPS) is 11.1. The van der Waals surface area contributed by atoms with Crippen molar-refractivity contribution in [2.45, 2.75) is 66.3 Å². The smallest absolute Gasteiger partial charge is 0.305 e. The van der Waals surface area contributed by atoms with Gasteiger partial charge in [-0.3, -0.25) is 9.48 Å². The molecule has 1 aromatic rings. The molecule has 0 radical (unpaired) electrons. The fourth-order valence-corrected chi connectivity index (χ4v) is 2.73. The molecule has 0 saturated carbocycles. The highest BCUT2D eigenvalue weighted by Gasteiger charge is 2.09. The van der Waals surface area contributed by atoms with Crippen LogP contribution in [0.25, 0.3) is 0 Å². The van der Waals surface area contributed by atoms with Gasteiger partial charge in [0.1, 0.15) is 0 Å². The lowest BCUT2D eigenvalue weighted by Crippen LogP contribution is -2.37. The first kappa shape index (κ1) is 25.7. The molecule has 1 aromatic heterocycles. The third-order valence-corrected chi connectivity index (χ3v) is 4.30. The van der Waals surface area contributed by atoms with Crippen LogP contribution in [-0.2, 0) is 23.1 Å². The number of nitrogens with zero attached hydrogens (tertiary/aromatic N) is 3. The van der Waals surface area contributed by atoms with E-state index in [1.54, 1.807) is 0 Å². The zero-order valence-corrected chi connectivity index (χ0v) is 19.8. The molecule has 1 heterocycles. The number of aryl methyl sites for hydroxylation is 2. The van der Waals surface area contributed by atoms with Gasteiger partial charge in [0.2, 0.25) is 0 Å². The molecule has 0 spiro atoms. The molecule has 27 heavy (non-hydrogen) atoms. The number of ether oxygens (including phenoxy) is 1. The number of aliphatic imine (C=N–C) groups is 1. The van der Waals surface area contributed by atoms with E-state index >= 15 is 0 Å². The molecule has 0 fully saturated rings. The Morgan fingerprint density at radius 1 is 1.15 bits per heavy atom. The molecular weight excluding hydrogens is 457 g/mol. The zero-order valence-electron chi connectivity index (χ0n) is 17.4. The summed E-state index contributed by atoms with van der Waals surface area (Å²) in [5, 5.41) is 11.1. The van der Waals surface area contributed by atoms with Crippen LogP contribution in [0.1, 0.15) is 62.9 Å². The number of aromatic nitrogens is 2. The Labute approximate surface area is 180 Å². The maximum atomic E-state index is 11.3. The quantitative estimate of drug-likeness (QED) is 0.163. The third-order valence-electron chi connectivity index (χ3n) is 4.30.